The third-order valence-corrected chi connectivity index (χ3v) is 4.74. The Morgan fingerprint density at radius 3 is 2.56 bits per heavy atom. The van der Waals surface area contributed by atoms with E-state index in [0.717, 1.165) is 16.9 Å². The van der Waals surface area contributed by atoms with E-state index in [2.05, 4.69) is 20.5 Å². The predicted octanol–water partition coefficient (Wildman–Crippen LogP) is 0.778. The molecule has 3 rings (SSSR count). The Hall–Kier alpha value is -2.74. The Kier molecular flexibility index (Phi) is 5.85. The maximum Gasteiger partial charge on any atom is 0.276 e. The highest BCUT2D eigenvalue weighted by Gasteiger charge is 2.27. The Balaban J connectivity index is 1.65. The summed E-state index contributed by atoms with van der Waals surface area (Å²) in [5.74, 6) is -0.0849. The number of aromatic nitrogens is 3. The van der Waals surface area contributed by atoms with Crippen molar-refractivity contribution >= 4 is 11.8 Å². The number of likely N-dealkylation sites (N-methyl/N-ethyl adjacent to an activating group) is 1. The maximum absolute atomic E-state index is 12.9. The van der Waals surface area contributed by atoms with Gasteiger partial charge in [0.05, 0.1) is 17.9 Å². The SMILES string of the molecule is CCNC(=O)CN1CCN(C(=O)c2nnn(-c3cccc(C)c3)c2C)CC1. The fraction of sp³-hybridized carbons (Fsp3) is 0.474. The summed E-state index contributed by atoms with van der Waals surface area (Å²) >= 11 is 0. The fourth-order valence-electron chi connectivity index (χ4n) is 3.25. The van der Waals surface area contributed by atoms with E-state index in [0.29, 0.717) is 45.0 Å². The van der Waals surface area contributed by atoms with Crippen LogP contribution in [-0.2, 0) is 4.79 Å². The molecule has 1 aliphatic heterocycles. The van der Waals surface area contributed by atoms with Gasteiger partial charge in [-0.1, -0.05) is 17.3 Å². The molecule has 0 radical (unpaired) electrons. The molecule has 1 aromatic heterocycles. The number of nitrogens with zero attached hydrogens (tertiary/aromatic N) is 5. The molecule has 2 amide bonds. The van der Waals surface area contributed by atoms with Gasteiger partial charge in [-0.3, -0.25) is 14.5 Å². The highest BCUT2D eigenvalue weighted by molar-refractivity contribution is 5.93. The van der Waals surface area contributed by atoms with E-state index in [-0.39, 0.29) is 11.8 Å². The van der Waals surface area contributed by atoms with Crippen molar-refractivity contribution in [3.63, 3.8) is 0 Å². The third-order valence-electron chi connectivity index (χ3n) is 4.74. The molecule has 0 bridgehead atoms. The minimum atomic E-state index is -0.107. The fourth-order valence-corrected chi connectivity index (χ4v) is 3.25. The van der Waals surface area contributed by atoms with Crippen LogP contribution in [0.5, 0.6) is 0 Å². The van der Waals surface area contributed by atoms with Crippen LogP contribution in [0.3, 0.4) is 0 Å². The number of hydrogen-bond donors (Lipinski definition) is 1. The summed E-state index contributed by atoms with van der Waals surface area (Å²) < 4.78 is 1.70. The number of carbonyl (C=O) groups is 2. The monoisotopic (exact) mass is 370 g/mol. The molecule has 8 nitrogen and oxygen atoms in total. The van der Waals surface area contributed by atoms with E-state index in [1.807, 2.05) is 45.0 Å². The van der Waals surface area contributed by atoms with Crippen molar-refractivity contribution in [2.45, 2.75) is 20.8 Å². The van der Waals surface area contributed by atoms with Crippen molar-refractivity contribution in [3.8, 4) is 5.69 Å². The largest absolute Gasteiger partial charge is 0.355 e. The second-order valence-electron chi connectivity index (χ2n) is 6.80. The van der Waals surface area contributed by atoms with Crippen molar-refractivity contribution < 1.29 is 9.59 Å². The van der Waals surface area contributed by atoms with E-state index in [9.17, 15) is 9.59 Å². The van der Waals surface area contributed by atoms with Gasteiger partial charge in [-0.05, 0) is 38.5 Å². The molecule has 0 saturated carbocycles. The van der Waals surface area contributed by atoms with Crippen molar-refractivity contribution in [2.24, 2.45) is 0 Å². The molecule has 8 heteroatoms. The van der Waals surface area contributed by atoms with Gasteiger partial charge in [0, 0.05) is 32.7 Å². The van der Waals surface area contributed by atoms with E-state index in [1.165, 1.54) is 0 Å². The number of piperazine rings is 1. The number of rotatable bonds is 5. The zero-order chi connectivity index (χ0) is 19.4. The number of nitrogens with one attached hydrogen (secondary N) is 1. The van der Waals surface area contributed by atoms with Crippen LogP contribution in [0.4, 0.5) is 0 Å². The van der Waals surface area contributed by atoms with E-state index in [1.54, 1.807) is 9.58 Å². The average Bonchev–Trinajstić information content (AvgIpc) is 3.03. The predicted molar refractivity (Wildman–Crippen MR) is 102 cm³/mol. The topological polar surface area (TPSA) is 83.4 Å². The minimum absolute atomic E-state index is 0.0224. The van der Waals surface area contributed by atoms with Gasteiger partial charge >= 0.3 is 0 Å². The van der Waals surface area contributed by atoms with Crippen LogP contribution in [0, 0.1) is 13.8 Å². The first-order valence-electron chi connectivity index (χ1n) is 9.27. The second-order valence-corrected chi connectivity index (χ2v) is 6.80. The Labute approximate surface area is 159 Å². The summed E-state index contributed by atoms with van der Waals surface area (Å²) in [4.78, 5) is 28.4. The van der Waals surface area contributed by atoms with Crippen molar-refractivity contribution in [3.05, 3.63) is 41.2 Å². The van der Waals surface area contributed by atoms with Crippen LogP contribution >= 0.6 is 0 Å². The first kappa shape index (κ1) is 19.0. The van der Waals surface area contributed by atoms with Gasteiger partial charge in [0.2, 0.25) is 5.91 Å². The molecule has 2 aromatic rings. The zero-order valence-corrected chi connectivity index (χ0v) is 16.1. The smallest absolute Gasteiger partial charge is 0.276 e. The van der Waals surface area contributed by atoms with Gasteiger partial charge in [0.1, 0.15) is 0 Å². The van der Waals surface area contributed by atoms with Crippen LogP contribution in [-0.4, -0.2) is 75.9 Å². The highest BCUT2D eigenvalue weighted by atomic mass is 16.2. The number of amides is 2. The number of benzene rings is 1. The summed E-state index contributed by atoms with van der Waals surface area (Å²) in [5, 5.41) is 11.1. The van der Waals surface area contributed by atoms with Gasteiger partial charge in [0.25, 0.3) is 5.91 Å². The van der Waals surface area contributed by atoms with Gasteiger partial charge in [-0.15, -0.1) is 5.10 Å². The van der Waals surface area contributed by atoms with E-state index < -0.39 is 0 Å². The first-order valence-corrected chi connectivity index (χ1v) is 9.27. The summed E-state index contributed by atoms with van der Waals surface area (Å²) in [6.45, 7) is 9.29. The second kappa shape index (κ2) is 8.30. The summed E-state index contributed by atoms with van der Waals surface area (Å²) in [7, 11) is 0. The van der Waals surface area contributed by atoms with Crippen LogP contribution in [0.15, 0.2) is 24.3 Å². The van der Waals surface area contributed by atoms with Crippen LogP contribution in [0.25, 0.3) is 5.69 Å². The van der Waals surface area contributed by atoms with Crippen molar-refractivity contribution in [1.82, 2.24) is 30.1 Å². The minimum Gasteiger partial charge on any atom is -0.355 e. The third kappa shape index (κ3) is 4.33. The van der Waals surface area contributed by atoms with Gasteiger partial charge in [-0.2, -0.15) is 0 Å². The molecular weight excluding hydrogens is 344 g/mol. The molecule has 0 unspecified atom stereocenters. The number of hydrogen-bond acceptors (Lipinski definition) is 5. The zero-order valence-electron chi connectivity index (χ0n) is 16.1. The van der Waals surface area contributed by atoms with Crippen molar-refractivity contribution in [2.75, 3.05) is 39.3 Å². The molecule has 2 heterocycles. The maximum atomic E-state index is 12.9. The molecular formula is C19H26N6O2. The van der Waals surface area contributed by atoms with E-state index >= 15 is 0 Å². The molecule has 27 heavy (non-hydrogen) atoms. The molecule has 0 aliphatic carbocycles. The lowest BCUT2D eigenvalue weighted by Crippen LogP contribution is -2.51. The Morgan fingerprint density at radius 2 is 1.89 bits per heavy atom. The van der Waals surface area contributed by atoms with Crippen LogP contribution in [0.1, 0.15) is 28.7 Å². The average molecular weight is 370 g/mol. The molecule has 1 N–H and O–H groups in total. The molecule has 1 aromatic carbocycles. The lowest BCUT2D eigenvalue weighted by molar-refractivity contribution is -0.122. The molecule has 144 valence electrons. The Morgan fingerprint density at radius 1 is 1.15 bits per heavy atom. The van der Waals surface area contributed by atoms with Crippen molar-refractivity contribution in [1.29, 1.82) is 0 Å². The highest BCUT2D eigenvalue weighted by Crippen LogP contribution is 2.16. The Bertz CT molecular complexity index is 823. The first-order chi connectivity index (χ1) is 13.0. The molecule has 1 aliphatic rings. The summed E-state index contributed by atoms with van der Waals surface area (Å²) in [5.41, 5.74) is 3.13. The van der Waals surface area contributed by atoms with Gasteiger partial charge < -0.3 is 10.2 Å². The van der Waals surface area contributed by atoms with E-state index in [4.69, 9.17) is 0 Å². The quantitative estimate of drug-likeness (QED) is 0.841. The van der Waals surface area contributed by atoms with Crippen LogP contribution < -0.4 is 5.32 Å². The molecule has 0 atom stereocenters. The summed E-state index contributed by atoms with van der Waals surface area (Å²) in [6.07, 6.45) is 0. The molecule has 0 spiro atoms. The number of aryl methyl sites for hydroxylation is 1. The molecule has 1 fully saturated rings. The number of carbonyl (C=O) groups excluding carboxylic acids is 2. The summed E-state index contributed by atoms with van der Waals surface area (Å²) in [6, 6.07) is 7.93. The lowest BCUT2D eigenvalue weighted by atomic mass is 10.2. The molecule has 1 saturated heterocycles. The van der Waals surface area contributed by atoms with Gasteiger partial charge in [0.15, 0.2) is 5.69 Å². The van der Waals surface area contributed by atoms with Gasteiger partial charge in [-0.25, -0.2) is 4.68 Å². The van der Waals surface area contributed by atoms with Crippen LogP contribution in [0.2, 0.25) is 0 Å². The normalized spacial score (nSPS) is 15.0. The standard InChI is InChI=1S/C19H26N6O2/c1-4-20-17(26)13-23-8-10-24(11-9-23)19(27)18-15(3)25(22-21-18)16-7-5-6-14(2)12-16/h5-7,12H,4,8-11,13H2,1-3H3,(H,20,26). The lowest BCUT2D eigenvalue weighted by Gasteiger charge is -2.33.